The molecule has 0 spiro atoms. The Kier molecular flexibility index (Phi) is 7.38. The summed E-state index contributed by atoms with van der Waals surface area (Å²) in [6.07, 6.45) is 9.66. The van der Waals surface area contributed by atoms with Gasteiger partial charge in [0, 0.05) is 17.0 Å². The molecule has 1 fully saturated rings. The van der Waals surface area contributed by atoms with Crippen LogP contribution in [0.2, 0.25) is 0 Å². The van der Waals surface area contributed by atoms with Crippen molar-refractivity contribution in [3.8, 4) is 11.3 Å². The number of amides is 1. The van der Waals surface area contributed by atoms with Crippen LogP contribution in [0.5, 0.6) is 0 Å². The molecule has 4 aromatic rings. The average molecular weight is 538 g/mol. The molecule has 2 N–H and O–H groups in total. The first-order valence-electron chi connectivity index (χ1n) is 12.3. The van der Waals surface area contributed by atoms with Gasteiger partial charge in [0.05, 0.1) is 21.9 Å². The van der Waals surface area contributed by atoms with Gasteiger partial charge in [-0.2, -0.15) is 0 Å². The van der Waals surface area contributed by atoms with Crippen LogP contribution in [0, 0.1) is 5.92 Å². The summed E-state index contributed by atoms with van der Waals surface area (Å²) >= 11 is 1.28. The Balaban J connectivity index is 1.17. The van der Waals surface area contributed by atoms with E-state index in [2.05, 4.69) is 15.3 Å². The molecule has 2 heterocycles. The zero-order valence-corrected chi connectivity index (χ0v) is 21.7. The van der Waals surface area contributed by atoms with E-state index in [0.717, 1.165) is 30.4 Å². The second kappa shape index (κ2) is 10.9. The van der Waals surface area contributed by atoms with Gasteiger partial charge >= 0.3 is 5.76 Å². The minimum Gasteiger partial charge on any atom is -0.408 e. The van der Waals surface area contributed by atoms with Crippen molar-refractivity contribution in [1.29, 1.82) is 0 Å². The molecule has 1 saturated carbocycles. The van der Waals surface area contributed by atoms with Gasteiger partial charge in [0.25, 0.3) is 0 Å². The maximum atomic E-state index is 12.7. The third kappa shape index (κ3) is 6.26. The van der Waals surface area contributed by atoms with Crippen LogP contribution in [0.1, 0.15) is 44.1 Å². The largest absolute Gasteiger partial charge is 0.417 e. The first-order chi connectivity index (χ1) is 17.9. The number of nitrogens with zero attached hydrogens (tertiary/aromatic N) is 1. The summed E-state index contributed by atoms with van der Waals surface area (Å²) in [6.45, 7) is 0. The van der Waals surface area contributed by atoms with E-state index in [9.17, 15) is 18.0 Å². The number of sulfone groups is 1. The van der Waals surface area contributed by atoms with Crippen molar-refractivity contribution in [3.05, 3.63) is 70.0 Å². The lowest BCUT2D eigenvalue weighted by Crippen LogP contribution is -2.14. The molecule has 5 rings (SSSR count). The Morgan fingerprint density at radius 2 is 1.92 bits per heavy atom. The number of oxazole rings is 1. The molecular formula is C27H27N3O5S2. The minimum absolute atomic E-state index is 0.179. The number of carbonyl (C=O) groups is 1. The number of fused-ring (bicyclic) bond motifs is 1. The Labute approximate surface area is 218 Å². The fraction of sp³-hybridized carbons (Fsp3) is 0.296. The monoisotopic (exact) mass is 537 g/mol. The maximum absolute atomic E-state index is 12.7. The van der Waals surface area contributed by atoms with Crippen LogP contribution in [0.15, 0.2) is 68.0 Å². The lowest BCUT2D eigenvalue weighted by molar-refractivity contribution is -0.111. The summed E-state index contributed by atoms with van der Waals surface area (Å²) in [5.41, 5.74) is 3.17. The molecule has 2 aromatic heterocycles. The first kappa shape index (κ1) is 25.2. The Hall–Kier alpha value is -3.50. The zero-order valence-electron chi connectivity index (χ0n) is 20.1. The number of aromatic nitrogens is 2. The minimum atomic E-state index is -3.31. The number of carbonyl (C=O) groups excluding carboxylic acids is 1. The molecule has 0 unspecified atom stereocenters. The lowest BCUT2D eigenvalue weighted by atomic mass is 9.88. The molecule has 37 heavy (non-hydrogen) atoms. The number of H-pyrrole nitrogens is 1. The predicted octanol–water partition coefficient (Wildman–Crippen LogP) is 5.64. The lowest BCUT2D eigenvalue weighted by Gasteiger charge is -2.21. The molecule has 0 aliphatic heterocycles. The van der Waals surface area contributed by atoms with E-state index in [0.29, 0.717) is 32.7 Å². The van der Waals surface area contributed by atoms with Crippen molar-refractivity contribution in [3.63, 3.8) is 0 Å². The van der Waals surface area contributed by atoms with Gasteiger partial charge in [-0.1, -0.05) is 50.3 Å². The number of nitrogens with one attached hydrogen (secondary N) is 2. The summed E-state index contributed by atoms with van der Waals surface area (Å²) in [5.74, 6) is -0.171. The Morgan fingerprint density at radius 1 is 1.14 bits per heavy atom. The van der Waals surface area contributed by atoms with Crippen LogP contribution in [0.25, 0.3) is 28.4 Å². The van der Waals surface area contributed by atoms with E-state index in [1.807, 2.05) is 6.07 Å². The molecule has 1 amide bonds. The second-order valence-electron chi connectivity index (χ2n) is 9.27. The molecule has 8 nitrogen and oxygen atoms in total. The van der Waals surface area contributed by atoms with Crippen LogP contribution < -0.4 is 11.1 Å². The standard InChI is InChI=1S/C27H27N3O5S2/c31-25(30-26-28-23(17-36-26)20-9-12-22-24(16-20)35-27(32)29-22)13-8-19-6-10-21(11-7-19)37(33,34)15-14-18-4-2-1-3-5-18/h6-13,16-18H,1-5,14-15H2,(H,29,32)(H,28,30,31)/b13-8-. The summed E-state index contributed by atoms with van der Waals surface area (Å²) < 4.78 is 30.5. The maximum Gasteiger partial charge on any atom is 0.417 e. The molecule has 10 heteroatoms. The van der Waals surface area contributed by atoms with Crippen LogP contribution in [0.4, 0.5) is 5.13 Å². The summed E-state index contributed by atoms with van der Waals surface area (Å²) in [7, 11) is -3.31. The molecule has 0 atom stereocenters. The van der Waals surface area contributed by atoms with Gasteiger partial charge in [-0.25, -0.2) is 18.2 Å². The second-order valence-corrected chi connectivity index (χ2v) is 12.2. The number of hydrogen-bond acceptors (Lipinski definition) is 7. The molecule has 0 radical (unpaired) electrons. The van der Waals surface area contributed by atoms with Crippen molar-refractivity contribution in [2.45, 2.75) is 43.4 Å². The predicted molar refractivity (Wildman–Crippen MR) is 145 cm³/mol. The smallest absolute Gasteiger partial charge is 0.408 e. The zero-order chi connectivity index (χ0) is 25.8. The Morgan fingerprint density at radius 3 is 2.70 bits per heavy atom. The van der Waals surface area contributed by atoms with Crippen molar-refractivity contribution in [2.24, 2.45) is 5.92 Å². The normalized spacial score (nSPS) is 14.9. The fourth-order valence-corrected chi connectivity index (χ4v) is 6.74. The van der Waals surface area contributed by atoms with Crippen LogP contribution >= 0.6 is 11.3 Å². The van der Waals surface area contributed by atoms with Gasteiger partial charge in [0.2, 0.25) is 5.91 Å². The molecule has 1 aliphatic carbocycles. The summed E-state index contributed by atoms with van der Waals surface area (Å²) in [4.78, 5) is 31.1. The van der Waals surface area contributed by atoms with Gasteiger partial charge in [-0.3, -0.25) is 15.1 Å². The summed E-state index contributed by atoms with van der Waals surface area (Å²) in [5, 5.41) is 4.97. The van der Waals surface area contributed by atoms with E-state index in [4.69, 9.17) is 4.42 Å². The highest BCUT2D eigenvalue weighted by Gasteiger charge is 2.19. The van der Waals surface area contributed by atoms with Crippen molar-refractivity contribution < 1.29 is 17.6 Å². The van der Waals surface area contributed by atoms with Gasteiger partial charge in [0.15, 0.2) is 20.6 Å². The van der Waals surface area contributed by atoms with Gasteiger partial charge in [-0.05, 0) is 48.2 Å². The number of aromatic amines is 1. The highest BCUT2D eigenvalue weighted by Crippen LogP contribution is 2.28. The van der Waals surface area contributed by atoms with E-state index in [-0.39, 0.29) is 11.7 Å². The van der Waals surface area contributed by atoms with Crippen LogP contribution in [-0.4, -0.2) is 30.0 Å². The number of thiazole rings is 1. The van der Waals surface area contributed by atoms with Gasteiger partial charge < -0.3 is 4.42 Å². The quantitative estimate of drug-likeness (QED) is 0.281. The fourth-order valence-electron chi connectivity index (χ4n) is 4.59. The Bertz CT molecular complexity index is 1590. The number of anilines is 1. The first-order valence-corrected chi connectivity index (χ1v) is 14.8. The average Bonchev–Trinajstić information content (AvgIpc) is 3.52. The molecule has 0 saturated heterocycles. The highest BCUT2D eigenvalue weighted by atomic mass is 32.2. The highest BCUT2D eigenvalue weighted by molar-refractivity contribution is 7.91. The topological polar surface area (TPSA) is 122 Å². The molecule has 2 aromatic carbocycles. The number of rotatable bonds is 8. The molecular weight excluding hydrogens is 510 g/mol. The van der Waals surface area contributed by atoms with E-state index in [1.165, 1.54) is 36.7 Å². The van der Waals surface area contributed by atoms with E-state index < -0.39 is 15.6 Å². The van der Waals surface area contributed by atoms with Crippen LogP contribution in [-0.2, 0) is 14.6 Å². The van der Waals surface area contributed by atoms with E-state index in [1.54, 1.807) is 47.9 Å². The summed E-state index contributed by atoms with van der Waals surface area (Å²) in [6, 6.07) is 11.9. The van der Waals surface area contributed by atoms with E-state index >= 15 is 0 Å². The molecule has 0 bridgehead atoms. The molecule has 192 valence electrons. The van der Waals surface area contributed by atoms with Crippen molar-refractivity contribution in [1.82, 2.24) is 9.97 Å². The third-order valence-electron chi connectivity index (χ3n) is 6.64. The van der Waals surface area contributed by atoms with Gasteiger partial charge in [-0.15, -0.1) is 11.3 Å². The number of benzene rings is 2. The SMILES string of the molecule is O=C(/C=C\c1ccc(S(=O)(=O)CCC2CCCCC2)cc1)Nc1nc(-c2ccc3[nH]c(=O)oc3c2)cs1. The van der Waals surface area contributed by atoms with Gasteiger partial charge in [0.1, 0.15) is 0 Å². The van der Waals surface area contributed by atoms with Crippen molar-refractivity contribution >= 4 is 49.4 Å². The van der Waals surface area contributed by atoms with Crippen LogP contribution in [0.3, 0.4) is 0 Å². The molecule has 1 aliphatic rings. The third-order valence-corrected chi connectivity index (χ3v) is 9.16. The van der Waals surface area contributed by atoms with Crippen molar-refractivity contribution in [2.75, 3.05) is 11.1 Å². The number of hydrogen-bond donors (Lipinski definition) is 2.